The van der Waals surface area contributed by atoms with E-state index in [0.29, 0.717) is 5.41 Å². The van der Waals surface area contributed by atoms with Gasteiger partial charge >= 0.3 is 0 Å². The van der Waals surface area contributed by atoms with E-state index in [1.807, 2.05) is 7.05 Å². The van der Waals surface area contributed by atoms with Gasteiger partial charge in [0.25, 0.3) is 0 Å². The lowest BCUT2D eigenvalue weighted by Gasteiger charge is -2.46. The topological polar surface area (TPSA) is 21.3 Å². The Labute approximate surface area is 104 Å². The molecule has 2 nitrogen and oxygen atoms in total. The van der Waals surface area contributed by atoms with Gasteiger partial charge in [-0.3, -0.25) is 0 Å². The maximum Gasteiger partial charge on any atom is 0.119 e. The Hall–Kier alpha value is -1.02. The first kappa shape index (κ1) is 12.4. The van der Waals surface area contributed by atoms with Crippen molar-refractivity contribution in [2.24, 2.45) is 11.3 Å². The summed E-state index contributed by atoms with van der Waals surface area (Å²) >= 11 is 0. The number of hydrogen-bond donors (Lipinski definition) is 1. The second-order valence-electron chi connectivity index (χ2n) is 5.65. The zero-order valence-electron chi connectivity index (χ0n) is 11.1. The monoisotopic (exact) mass is 233 g/mol. The van der Waals surface area contributed by atoms with Gasteiger partial charge in [0.2, 0.25) is 0 Å². The highest BCUT2D eigenvalue weighted by Crippen LogP contribution is 2.45. The van der Waals surface area contributed by atoms with Crippen LogP contribution in [0.2, 0.25) is 0 Å². The van der Waals surface area contributed by atoms with E-state index in [1.165, 1.54) is 18.4 Å². The van der Waals surface area contributed by atoms with Crippen molar-refractivity contribution >= 4 is 0 Å². The second kappa shape index (κ2) is 5.09. The minimum absolute atomic E-state index is 0.360. The Morgan fingerprint density at radius 2 is 1.94 bits per heavy atom. The van der Waals surface area contributed by atoms with Gasteiger partial charge in [0, 0.05) is 12.0 Å². The van der Waals surface area contributed by atoms with E-state index in [9.17, 15) is 0 Å². The lowest BCUT2D eigenvalue weighted by atomic mass is 9.63. The van der Waals surface area contributed by atoms with Gasteiger partial charge in [-0.25, -0.2) is 0 Å². The molecule has 0 atom stereocenters. The molecule has 17 heavy (non-hydrogen) atoms. The molecule has 1 fully saturated rings. The third-order valence-electron chi connectivity index (χ3n) is 3.68. The molecule has 94 valence electrons. The largest absolute Gasteiger partial charge is 0.493 e. The zero-order chi connectivity index (χ0) is 12.3. The number of ether oxygens (including phenoxy) is 1. The van der Waals surface area contributed by atoms with Crippen LogP contribution in [0.1, 0.15) is 25.3 Å². The van der Waals surface area contributed by atoms with Crippen molar-refractivity contribution < 1.29 is 4.74 Å². The molecule has 1 aromatic carbocycles. The zero-order valence-corrected chi connectivity index (χ0v) is 11.1. The summed E-state index contributed by atoms with van der Waals surface area (Å²) in [6.45, 7) is 6.31. The van der Waals surface area contributed by atoms with Crippen LogP contribution in [0, 0.1) is 18.3 Å². The summed E-state index contributed by atoms with van der Waals surface area (Å²) in [5.41, 5.74) is 1.64. The Morgan fingerprint density at radius 3 is 2.47 bits per heavy atom. The minimum Gasteiger partial charge on any atom is -0.493 e. The number of hydrogen-bond acceptors (Lipinski definition) is 2. The van der Waals surface area contributed by atoms with Gasteiger partial charge in [0.1, 0.15) is 5.75 Å². The van der Waals surface area contributed by atoms with E-state index in [2.05, 4.69) is 43.4 Å². The molecule has 0 aliphatic heterocycles. The number of nitrogens with one attached hydrogen (secondary N) is 1. The molecule has 2 rings (SSSR count). The van der Waals surface area contributed by atoms with E-state index in [0.717, 1.165) is 24.8 Å². The molecular formula is C15H23NO. The summed E-state index contributed by atoms with van der Waals surface area (Å²) < 4.78 is 5.93. The standard InChI is InChI=1S/C15H23NO/c1-12-4-6-14(7-5-12)17-11-15(10-16-3)8-13(2)9-15/h4-7,13,16H,8-11H2,1-3H3. The first-order valence-electron chi connectivity index (χ1n) is 6.48. The molecule has 0 radical (unpaired) electrons. The first-order chi connectivity index (χ1) is 8.13. The fraction of sp³-hybridized carbons (Fsp3) is 0.600. The highest BCUT2D eigenvalue weighted by atomic mass is 16.5. The molecule has 2 heteroatoms. The summed E-state index contributed by atoms with van der Waals surface area (Å²) in [4.78, 5) is 0. The van der Waals surface area contributed by atoms with E-state index in [1.54, 1.807) is 0 Å². The molecule has 0 spiro atoms. The maximum atomic E-state index is 5.93. The van der Waals surface area contributed by atoms with Gasteiger partial charge in [-0.1, -0.05) is 24.6 Å². The smallest absolute Gasteiger partial charge is 0.119 e. The van der Waals surface area contributed by atoms with E-state index >= 15 is 0 Å². The van der Waals surface area contributed by atoms with Crippen LogP contribution in [0.25, 0.3) is 0 Å². The Morgan fingerprint density at radius 1 is 1.29 bits per heavy atom. The van der Waals surface area contributed by atoms with Crippen molar-refractivity contribution in [2.75, 3.05) is 20.2 Å². The van der Waals surface area contributed by atoms with E-state index in [-0.39, 0.29) is 0 Å². The van der Waals surface area contributed by atoms with Crippen molar-refractivity contribution in [1.82, 2.24) is 5.32 Å². The van der Waals surface area contributed by atoms with Gasteiger partial charge in [0.15, 0.2) is 0 Å². The second-order valence-corrected chi connectivity index (χ2v) is 5.65. The maximum absolute atomic E-state index is 5.93. The lowest BCUT2D eigenvalue weighted by molar-refractivity contribution is 0.0149. The van der Waals surface area contributed by atoms with Gasteiger partial charge < -0.3 is 10.1 Å². The Kier molecular flexibility index (Phi) is 3.72. The van der Waals surface area contributed by atoms with Crippen LogP contribution in [0.3, 0.4) is 0 Å². The molecule has 0 saturated heterocycles. The molecule has 1 saturated carbocycles. The van der Waals surface area contributed by atoms with Gasteiger partial charge in [-0.05, 0) is 44.9 Å². The molecule has 0 amide bonds. The first-order valence-corrected chi connectivity index (χ1v) is 6.48. The summed E-state index contributed by atoms with van der Waals surface area (Å²) in [6.07, 6.45) is 2.55. The molecule has 1 aliphatic rings. The van der Waals surface area contributed by atoms with Gasteiger partial charge in [-0.15, -0.1) is 0 Å². The summed E-state index contributed by atoms with van der Waals surface area (Å²) in [6, 6.07) is 8.32. The summed E-state index contributed by atoms with van der Waals surface area (Å²) in [5, 5.41) is 3.30. The van der Waals surface area contributed by atoms with Crippen LogP contribution < -0.4 is 10.1 Å². The molecule has 0 unspecified atom stereocenters. The average molecular weight is 233 g/mol. The third kappa shape index (κ3) is 3.01. The molecule has 1 aliphatic carbocycles. The SMILES string of the molecule is CNCC1(COc2ccc(C)cc2)CC(C)C1. The molecule has 0 heterocycles. The summed E-state index contributed by atoms with van der Waals surface area (Å²) in [5.74, 6) is 1.84. The number of rotatable bonds is 5. The number of benzene rings is 1. The van der Waals surface area contributed by atoms with Crippen molar-refractivity contribution in [3.05, 3.63) is 29.8 Å². The van der Waals surface area contributed by atoms with Gasteiger partial charge in [0.05, 0.1) is 6.61 Å². The quantitative estimate of drug-likeness (QED) is 0.844. The summed E-state index contributed by atoms with van der Waals surface area (Å²) in [7, 11) is 2.02. The van der Waals surface area contributed by atoms with Crippen LogP contribution in [-0.4, -0.2) is 20.2 Å². The highest BCUT2D eigenvalue weighted by Gasteiger charge is 2.42. The molecule has 0 bridgehead atoms. The predicted molar refractivity (Wildman–Crippen MR) is 71.4 cm³/mol. The van der Waals surface area contributed by atoms with Crippen LogP contribution in [0.5, 0.6) is 5.75 Å². The van der Waals surface area contributed by atoms with E-state index < -0.39 is 0 Å². The lowest BCUT2D eigenvalue weighted by Crippen LogP contribution is -2.47. The predicted octanol–water partition coefficient (Wildman–Crippen LogP) is 3.01. The normalized spacial score (nSPS) is 27.6. The van der Waals surface area contributed by atoms with Crippen molar-refractivity contribution in [1.29, 1.82) is 0 Å². The van der Waals surface area contributed by atoms with Gasteiger partial charge in [-0.2, -0.15) is 0 Å². The highest BCUT2D eigenvalue weighted by molar-refractivity contribution is 5.26. The number of aryl methyl sites for hydroxylation is 1. The van der Waals surface area contributed by atoms with Crippen molar-refractivity contribution in [2.45, 2.75) is 26.7 Å². The fourth-order valence-electron chi connectivity index (χ4n) is 2.98. The Bertz CT molecular complexity index is 346. The molecular weight excluding hydrogens is 210 g/mol. The van der Waals surface area contributed by atoms with E-state index in [4.69, 9.17) is 4.74 Å². The molecule has 1 aromatic rings. The van der Waals surface area contributed by atoms with Crippen molar-refractivity contribution in [3.63, 3.8) is 0 Å². The molecule has 1 N–H and O–H groups in total. The van der Waals surface area contributed by atoms with Crippen LogP contribution in [0.4, 0.5) is 0 Å². The van der Waals surface area contributed by atoms with Crippen LogP contribution in [-0.2, 0) is 0 Å². The third-order valence-corrected chi connectivity index (χ3v) is 3.68. The Balaban J connectivity index is 1.89. The minimum atomic E-state index is 0.360. The fourth-order valence-corrected chi connectivity index (χ4v) is 2.98. The van der Waals surface area contributed by atoms with Crippen LogP contribution >= 0.6 is 0 Å². The van der Waals surface area contributed by atoms with Crippen molar-refractivity contribution in [3.8, 4) is 5.75 Å². The van der Waals surface area contributed by atoms with Crippen LogP contribution in [0.15, 0.2) is 24.3 Å². The average Bonchev–Trinajstić information content (AvgIpc) is 2.27. The molecule has 0 aromatic heterocycles.